The van der Waals surface area contributed by atoms with Crippen LogP contribution in [0.3, 0.4) is 0 Å². The smallest absolute Gasteiger partial charge is 0.230 e. The van der Waals surface area contributed by atoms with E-state index in [0.29, 0.717) is 17.5 Å². The van der Waals surface area contributed by atoms with Crippen molar-refractivity contribution >= 4 is 22.1 Å². The topological polar surface area (TPSA) is 88.1 Å². The lowest BCUT2D eigenvalue weighted by molar-refractivity contribution is 0.768. The minimum absolute atomic E-state index is 0.626. The van der Waals surface area contributed by atoms with Gasteiger partial charge in [-0.1, -0.05) is 29.5 Å². The SMILES string of the molecule is c1ccc2[nH]c(-c3cn(-c4nc5ccccc5[nH]4)nn3)nc2c1. The van der Waals surface area contributed by atoms with Crippen molar-refractivity contribution in [3.63, 3.8) is 0 Å². The van der Waals surface area contributed by atoms with E-state index in [9.17, 15) is 0 Å². The van der Waals surface area contributed by atoms with Gasteiger partial charge in [0.05, 0.1) is 28.3 Å². The highest BCUT2D eigenvalue weighted by Crippen LogP contribution is 2.19. The van der Waals surface area contributed by atoms with Gasteiger partial charge in [-0.3, -0.25) is 0 Å². The van der Waals surface area contributed by atoms with Crippen LogP contribution in [-0.4, -0.2) is 34.9 Å². The van der Waals surface area contributed by atoms with Crippen molar-refractivity contribution in [2.45, 2.75) is 0 Å². The van der Waals surface area contributed by atoms with E-state index in [4.69, 9.17) is 0 Å². The Labute approximate surface area is 130 Å². The molecule has 7 heteroatoms. The van der Waals surface area contributed by atoms with Gasteiger partial charge in [-0.2, -0.15) is 4.68 Å². The number of nitrogens with zero attached hydrogens (tertiary/aromatic N) is 5. The molecule has 110 valence electrons. The third kappa shape index (κ3) is 1.90. The van der Waals surface area contributed by atoms with E-state index in [0.717, 1.165) is 22.1 Å². The number of fused-ring (bicyclic) bond motifs is 2. The summed E-state index contributed by atoms with van der Waals surface area (Å²) in [5.41, 5.74) is 4.40. The maximum atomic E-state index is 4.53. The van der Waals surface area contributed by atoms with Crippen LogP contribution in [0, 0.1) is 0 Å². The molecule has 2 N–H and O–H groups in total. The number of hydrogen-bond donors (Lipinski definition) is 2. The molecule has 0 spiro atoms. The Morgan fingerprint density at radius 2 is 1.48 bits per heavy atom. The minimum Gasteiger partial charge on any atom is -0.337 e. The average Bonchev–Trinajstić information content (AvgIpc) is 3.30. The first-order valence-corrected chi connectivity index (χ1v) is 7.19. The molecule has 7 nitrogen and oxygen atoms in total. The predicted octanol–water partition coefficient (Wildman–Crippen LogP) is 2.69. The van der Waals surface area contributed by atoms with E-state index < -0.39 is 0 Å². The lowest BCUT2D eigenvalue weighted by Gasteiger charge is -1.90. The third-order valence-corrected chi connectivity index (χ3v) is 3.72. The van der Waals surface area contributed by atoms with Gasteiger partial charge in [0.25, 0.3) is 0 Å². The van der Waals surface area contributed by atoms with Crippen molar-refractivity contribution in [2.24, 2.45) is 0 Å². The highest BCUT2D eigenvalue weighted by molar-refractivity contribution is 5.78. The highest BCUT2D eigenvalue weighted by Gasteiger charge is 2.12. The Kier molecular flexibility index (Phi) is 2.37. The van der Waals surface area contributed by atoms with E-state index in [1.165, 1.54) is 0 Å². The standard InChI is InChI=1S/C16H11N7/c1-2-6-11-10(5-1)17-15(18-11)14-9-23(22-21-14)16-19-12-7-3-4-8-13(12)20-16/h1-9H,(H,17,18)(H,19,20). The van der Waals surface area contributed by atoms with Gasteiger partial charge < -0.3 is 9.97 Å². The maximum absolute atomic E-state index is 4.53. The zero-order valence-electron chi connectivity index (χ0n) is 11.9. The summed E-state index contributed by atoms with van der Waals surface area (Å²) in [5, 5.41) is 8.33. The number of aromatic amines is 2. The van der Waals surface area contributed by atoms with E-state index in [-0.39, 0.29) is 0 Å². The monoisotopic (exact) mass is 301 g/mol. The van der Waals surface area contributed by atoms with Gasteiger partial charge in [-0.15, -0.1) is 5.10 Å². The van der Waals surface area contributed by atoms with Crippen molar-refractivity contribution in [1.82, 2.24) is 34.9 Å². The second-order valence-electron chi connectivity index (χ2n) is 5.23. The van der Waals surface area contributed by atoms with Gasteiger partial charge in [-0.25, -0.2) is 9.97 Å². The number of aromatic nitrogens is 7. The molecule has 0 aliphatic rings. The summed E-state index contributed by atoms with van der Waals surface area (Å²) in [6.07, 6.45) is 1.80. The molecular formula is C16H11N7. The second-order valence-corrected chi connectivity index (χ2v) is 5.23. The zero-order chi connectivity index (χ0) is 15.2. The molecule has 0 saturated heterocycles. The van der Waals surface area contributed by atoms with Crippen LogP contribution in [-0.2, 0) is 0 Å². The summed E-state index contributed by atoms with van der Waals surface area (Å²) < 4.78 is 1.61. The summed E-state index contributed by atoms with van der Waals surface area (Å²) in [6, 6.07) is 15.7. The number of para-hydroxylation sites is 4. The van der Waals surface area contributed by atoms with Gasteiger partial charge in [-0.05, 0) is 24.3 Å². The number of benzene rings is 2. The van der Waals surface area contributed by atoms with Crippen molar-refractivity contribution in [1.29, 1.82) is 0 Å². The van der Waals surface area contributed by atoms with Gasteiger partial charge in [0.1, 0.15) is 5.69 Å². The van der Waals surface area contributed by atoms with Crippen LogP contribution in [0.25, 0.3) is 39.5 Å². The molecular weight excluding hydrogens is 290 g/mol. The van der Waals surface area contributed by atoms with E-state index in [2.05, 4.69) is 30.2 Å². The van der Waals surface area contributed by atoms with Gasteiger partial charge in [0, 0.05) is 0 Å². The molecule has 0 saturated carbocycles. The summed E-state index contributed by atoms with van der Waals surface area (Å²) in [6.45, 7) is 0. The lowest BCUT2D eigenvalue weighted by atomic mass is 10.3. The fraction of sp³-hybridized carbons (Fsp3) is 0. The molecule has 5 aromatic rings. The fourth-order valence-corrected chi connectivity index (χ4v) is 2.60. The zero-order valence-corrected chi connectivity index (χ0v) is 11.9. The van der Waals surface area contributed by atoms with Gasteiger partial charge >= 0.3 is 0 Å². The van der Waals surface area contributed by atoms with Crippen molar-refractivity contribution < 1.29 is 0 Å². The van der Waals surface area contributed by atoms with Crippen LogP contribution in [0.15, 0.2) is 54.7 Å². The summed E-state index contributed by atoms with van der Waals surface area (Å²) in [7, 11) is 0. The molecule has 0 fully saturated rings. The van der Waals surface area contributed by atoms with Crippen LogP contribution in [0.2, 0.25) is 0 Å². The van der Waals surface area contributed by atoms with E-state index in [1.807, 2.05) is 48.5 Å². The fourth-order valence-electron chi connectivity index (χ4n) is 2.60. The molecule has 0 bridgehead atoms. The number of hydrogen-bond acceptors (Lipinski definition) is 4. The molecule has 0 aliphatic heterocycles. The van der Waals surface area contributed by atoms with E-state index in [1.54, 1.807) is 10.9 Å². The highest BCUT2D eigenvalue weighted by atomic mass is 15.5. The molecule has 2 aromatic carbocycles. The Bertz CT molecular complexity index is 977. The number of H-pyrrole nitrogens is 2. The van der Waals surface area contributed by atoms with Crippen molar-refractivity contribution in [3.05, 3.63) is 54.7 Å². The quantitative estimate of drug-likeness (QED) is 0.524. The Balaban J connectivity index is 1.59. The molecule has 0 atom stereocenters. The van der Waals surface area contributed by atoms with Crippen LogP contribution in [0.4, 0.5) is 0 Å². The third-order valence-electron chi connectivity index (χ3n) is 3.72. The molecule has 5 rings (SSSR count). The molecule has 0 aliphatic carbocycles. The normalized spacial score (nSPS) is 11.5. The maximum Gasteiger partial charge on any atom is 0.230 e. The molecule has 0 amide bonds. The molecule has 0 unspecified atom stereocenters. The first-order valence-electron chi connectivity index (χ1n) is 7.19. The second kappa shape index (κ2) is 4.51. The Hall–Kier alpha value is -3.48. The average molecular weight is 301 g/mol. The van der Waals surface area contributed by atoms with Crippen molar-refractivity contribution in [3.8, 4) is 17.5 Å². The molecule has 23 heavy (non-hydrogen) atoms. The lowest BCUT2D eigenvalue weighted by Crippen LogP contribution is -1.96. The largest absolute Gasteiger partial charge is 0.337 e. The first kappa shape index (κ1) is 12.1. The Morgan fingerprint density at radius 1 is 0.783 bits per heavy atom. The summed E-state index contributed by atoms with van der Waals surface area (Å²) in [5.74, 6) is 1.31. The van der Waals surface area contributed by atoms with Crippen LogP contribution >= 0.6 is 0 Å². The first-order chi connectivity index (χ1) is 11.4. The Morgan fingerprint density at radius 3 is 2.22 bits per heavy atom. The number of nitrogens with one attached hydrogen (secondary N) is 2. The van der Waals surface area contributed by atoms with Gasteiger partial charge in [0.15, 0.2) is 5.82 Å². The summed E-state index contributed by atoms with van der Waals surface area (Å²) >= 11 is 0. The number of rotatable bonds is 2. The molecule has 3 aromatic heterocycles. The van der Waals surface area contributed by atoms with E-state index >= 15 is 0 Å². The minimum atomic E-state index is 0.626. The predicted molar refractivity (Wildman–Crippen MR) is 86.1 cm³/mol. The molecule has 3 heterocycles. The molecule has 0 radical (unpaired) electrons. The van der Waals surface area contributed by atoms with Gasteiger partial charge in [0.2, 0.25) is 5.95 Å². The van der Waals surface area contributed by atoms with Crippen LogP contribution in [0.1, 0.15) is 0 Å². The van der Waals surface area contributed by atoms with Crippen molar-refractivity contribution in [2.75, 3.05) is 0 Å². The summed E-state index contributed by atoms with van der Waals surface area (Å²) in [4.78, 5) is 15.5. The number of imidazole rings is 2. The van der Waals surface area contributed by atoms with Crippen LogP contribution in [0.5, 0.6) is 0 Å². The van der Waals surface area contributed by atoms with Crippen LogP contribution < -0.4 is 0 Å².